The van der Waals surface area contributed by atoms with Gasteiger partial charge in [0.1, 0.15) is 0 Å². The Morgan fingerprint density at radius 3 is 2.25 bits per heavy atom. The summed E-state index contributed by atoms with van der Waals surface area (Å²) in [6.07, 6.45) is 8.42. The van der Waals surface area contributed by atoms with E-state index >= 15 is 0 Å². The lowest BCUT2D eigenvalue weighted by Gasteiger charge is -2.27. The molecule has 0 saturated heterocycles. The first-order valence-corrected chi connectivity index (χ1v) is 5.43. The Labute approximate surface area is 79.9 Å². The summed E-state index contributed by atoms with van der Waals surface area (Å²) in [6.45, 7) is 6.92. The third-order valence-corrected chi connectivity index (χ3v) is 3.12. The van der Waals surface area contributed by atoms with Crippen LogP contribution in [0.25, 0.3) is 0 Å². The predicted molar refractivity (Wildman–Crippen MR) is 55.4 cm³/mol. The Morgan fingerprint density at radius 1 is 1.33 bits per heavy atom. The van der Waals surface area contributed by atoms with Crippen molar-refractivity contribution in [3.05, 3.63) is 12.2 Å². The van der Waals surface area contributed by atoms with Crippen molar-refractivity contribution in [3.8, 4) is 0 Å². The normalized spacial score (nSPS) is 21.7. The van der Waals surface area contributed by atoms with Gasteiger partial charge in [-0.15, -0.1) is 0 Å². The number of hydrogen-bond acceptors (Lipinski definition) is 0. The second-order valence-corrected chi connectivity index (χ2v) is 5.82. The first-order valence-electron chi connectivity index (χ1n) is 4.85. The molecule has 0 fully saturated rings. The molecule has 0 spiro atoms. The molecule has 0 aromatic heterocycles. The first-order chi connectivity index (χ1) is 5.49. The van der Waals surface area contributed by atoms with E-state index in [0.29, 0.717) is 11.0 Å². The minimum absolute atomic E-state index is 0.453. The van der Waals surface area contributed by atoms with Gasteiger partial charge in [-0.25, -0.2) is 0 Å². The van der Waals surface area contributed by atoms with E-state index in [4.69, 9.17) is 0 Å². The third kappa shape index (κ3) is 3.14. The van der Waals surface area contributed by atoms with E-state index in [2.05, 4.69) is 43.2 Å². The molecule has 0 saturated carbocycles. The molecule has 0 nitrogen and oxygen atoms in total. The van der Waals surface area contributed by atoms with Gasteiger partial charge in [-0.2, -0.15) is 0 Å². The van der Waals surface area contributed by atoms with Gasteiger partial charge in [0.15, 0.2) is 0 Å². The van der Waals surface area contributed by atoms with Crippen LogP contribution in [-0.2, 0) is 0 Å². The van der Waals surface area contributed by atoms with Crippen LogP contribution in [0.1, 0.15) is 40.0 Å². The second-order valence-electron chi connectivity index (χ2n) is 5.07. The molecule has 0 N–H and O–H groups in total. The SMILES string of the molecule is CC(C)(C)CC([Si])C1CC=CC1. The molecule has 1 heteroatoms. The second kappa shape index (κ2) is 3.78. The number of rotatable bonds is 2. The maximum atomic E-state index is 3.85. The Hall–Kier alpha value is -0.0431. The van der Waals surface area contributed by atoms with Crippen LogP contribution in [0.2, 0.25) is 5.54 Å². The summed E-state index contributed by atoms with van der Waals surface area (Å²) in [4.78, 5) is 0. The van der Waals surface area contributed by atoms with E-state index in [1.54, 1.807) is 0 Å². The van der Waals surface area contributed by atoms with Gasteiger partial charge in [0.2, 0.25) is 0 Å². The van der Waals surface area contributed by atoms with E-state index in [-0.39, 0.29) is 0 Å². The summed E-state index contributed by atoms with van der Waals surface area (Å²) >= 11 is 0. The monoisotopic (exact) mass is 179 g/mol. The summed E-state index contributed by atoms with van der Waals surface area (Å²) in [5.74, 6) is 0.848. The summed E-state index contributed by atoms with van der Waals surface area (Å²) in [5.41, 5.74) is 1.15. The van der Waals surface area contributed by atoms with Gasteiger partial charge in [0.25, 0.3) is 0 Å². The Morgan fingerprint density at radius 2 is 1.83 bits per heavy atom. The molecule has 1 atom stereocenters. The summed E-state index contributed by atoms with van der Waals surface area (Å²) in [7, 11) is 3.85. The fraction of sp³-hybridized carbons (Fsp3) is 0.818. The van der Waals surface area contributed by atoms with Gasteiger partial charge in [0.05, 0.1) is 0 Å². The van der Waals surface area contributed by atoms with E-state index in [0.717, 1.165) is 5.92 Å². The van der Waals surface area contributed by atoms with E-state index in [1.807, 2.05) is 0 Å². The van der Waals surface area contributed by atoms with E-state index in [1.165, 1.54) is 19.3 Å². The highest BCUT2D eigenvalue weighted by Crippen LogP contribution is 2.36. The molecule has 1 rings (SSSR count). The third-order valence-electron chi connectivity index (χ3n) is 2.45. The van der Waals surface area contributed by atoms with Gasteiger partial charge >= 0.3 is 0 Å². The van der Waals surface area contributed by atoms with Crippen LogP contribution in [-0.4, -0.2) is 10.2 Å². The van der Waals surface area contributed by atoms with Crippen LogP contribution in [0.3, 0.4) is 0 Å². The first kappa shape index (κ1) is 10.0. The standard InChI is InChI=1S/C11H19Si/c1-11(2,3)8-10(12)9-6-4-5-7-9/h4-5,9-10H,6-8H2,1-3H3. The Bertz CT molecular complexity index is 156. The molecule has 12 heavy (non-hydrogen) atoms. The fourth-order valence-electron chi connectivity index (χ4n) is 1.79. The summed E-state index contributed by atoms with van der Waals surface area (Å²) in [5, 5.41) is 0. The quantitative estimate of drug-likeness (QED) is 0.450. The molecule has 0 heterocycles. The zero-order chi connectivity index (χ0) is 9.19. The Balaban J connectivity index is 2.33. The van der Waals surface area contributed by atoms with Crippen molar-refractivity contribution >= 4 is 10.2 Å². The zero-order valence-corrected chi connectivity index (χ0v) is 9.43. The number of allylic oxidation sites excluding steroid dienone is 2. The maximum absolute atomic E-state index is 3.85. The van der Waals surface area contributed by atoms with Crippen LogP contribution in [0.5, 0.6) is 0 Å². The average molecular weight is 179 g/mol. The number of hydrogen-bond donors (Lipinski definition) is 0. The van der Waals surface area contributed by atoms with E-state index < -0.39 is 0 Å². The maximum Gasteiger partial charge on any atom is 0.0270 e. The van der Waals surface area contributed by atoms with Crippen molar-refractivity contribution in [1.82, 2.24) is 0 Å². The molecule has 0 aromatic rings. The summed E-state index contributed by atoms with van der Waals surface area (Å²) < 4.78 is 0. The van der Waals surface area contributed by atoms with Gasteiger partial charge in [-0.3, -0.25) is 0 Å². The smallest absolute Gasteiger partial charge is 0.0270 e. The van der Waals surface area contributed by atoms with Crippen molar-refractivity contribution < 1.29 is 0 Å². The molecule has 0 bridgehead atoms. The van der Waals surface area contributed by atoms with Crippen LogP contribution >= 0.6 is 0 Å². The molecular formula is C11H19Si. The minimum Gasteiger partial charge on any atom is -0.0882 e. The van der Waals surface area contributed by atoms with Crippen molar-refractivity contribution in [3.63, 3.8) is 0 Å². The highest BCUT2D eigenvalue weighted by molar-refractivity contribution is 6.11. The highest BCUT2D eigenvalue weighted by atomic mass is 28.1. The van der Waals surface area contributed by atoms with Crippen LogP contribution < -0.4 is 0 Å². The van der Waals surface area contributed by atoms with Crippen LogP contribution in [0.4, 0.5) is 0 Å². The molecule has 3 radical (unpaired) electrons. The molecular weight excluding hydrogens is 160 g/mol. The average Bonchev–Trinajstić information content (AvgIpc) is 2.32. The largest absolute Gasteiger partial charge is 0.0882 e. The van der Waals surface area contributed by atoms with Gasteiger partial charge in [-0.1, -0.05) is 32.9 Å². The topological polar surface area (TPSA) is 0 Å². The lowest BCUT2D eigenvalue weighted by atomic mass is 9.85. The Kier molecular flexibility index (Phi) is 3.16. The molecule has 0 amide bonds. The van der Waals surface area contributed by atoms with Gasteiger partial charge < -0.3 is 0 Å². The highest BCUT2D eigenvalue weighted by Gasteiger charge is 2.23. The van der Waals surface area contributed by atoms with Gasteiger partial charge in [0, 0.05) is 10.2 Å². The van der Waals surface area contributed by atoms with Crippen molar-refractivity contribution in [2.75, 3.05) is 0 Å². The molecule has 1 aliphatic rings. The van der Waals surface area contributed by atoms with Crippen LogP contribution in [0, 0.1) is 11.3 Å². The van der Waals surface area contributed by atoms with Crippen LogP contribution in [0.15, 0.2) is 12.2 Å². The lowest BCUT2D eigenvalue weighted by Crippen LogP contribution is -2.15. The lowest BCUT2D eigenvalue weighted by molar-refractivity contribution is 0.328. The zero-order valence-electron chi connectivity index (χ0n) is 8.43. The van der Waals surface area contributed by atoms with Gasteiger partial charge in [-0.05, 0) is 36.1 Å². The molecule has 0 aromatic carbocycles. The molecule has 1 aliphatic carbocycles. The molecule has 1 unspecified atom stereocenters. The fourth-order valence-corrected chi connectivity index (χ4v) is 2.68. The minimum atomic E-state index is 0.453. The van der Waals surface area contributed by atoms with Crippen molar-refractivity contribution in [2.24, 2.45) is 11.3 Å². The van der Waals surface area contributed by atoms with Crippen molar-refractivity contribution in [2.45, 2.75) is 45.6 Å². The molecule has 0 aliphatic heterocycles. The van der Waals surface area contributed by atoms with E-state index in [9.17, 15) is 0 Å². The molecule has 67 valence electrons. The van der Waals surface area contributed by atoms with Crippen molar-refractivity contribution in [1.29, 1.82) is 0 Å². The summed E-state index contributed by atoms with van der Waals surface area (Å²) in [6, 6.07) is 0. The predicted octanol–water partition coefficient (Wildman–Crippen LogP) is 3.35.